The van der Waals surface area contributed by atoms with Crippen molar-refractivity contribution in [3.05, 3.63) is 29.7 Å². The maximum atomic E-state index is 13.0. The van der Waals surface area contributed by atoms with Crippen LogP contribution in [0.2, 0.25) is 0 Å². The van der Waals surface area contributed by atoms with E-state index >= 15 is 0 Å². The van der Waals surface area contributed by atoms with Gasteiger partial charge in [0.1, 0.15) is 5.52 Å². The van der Waals surface area contributed by atoms with E-state index in [1.165, 1.54) is 12.8 Å². The molecule has 29 heavy (non-hydrogen) atoms. The van der Waals surface area contributed by atoms with Crippen molar-refractivity contribution >= 4 is 22.9 Å². The summed E-state index contributed by atoms with van der Waals surface area (Å²) in [6, 6.07) is 5.50. The van der Waals surface area contributed by atoms with Crippen LogP contribution in [0.5, 0.6) is 0 Å². The number of carbonyl (C=O) groups excluding carboxylic acids is 2. The molecule has 0 radical (unpaired) electrons. The summed E-state index contributed by atoms with van der Waals surface area (Å²) in [6.07, 6.45) is 5.20. The van der Waals surface area contributed by atoms with Crippen molar-refractivity contribution in [3.8, 4) is 0 Å². The maximum absolute atomic E-state index is 13.0. The van der Waals surface area contributed by atoms with Gasteiger partial charge >= 0.3 is 0 Å². The van der Waals surface area contributed by atoms with Gasteiger partial charge in [0.15, 0.2) is 11.5 Å². The third kappa shape index (κ3) is 3.89. The number of para-hydroxylation sites is 1. The second-order valence-corrected chi connectivity index (χ2v) is 9.15. The van der Waals surface area contributed by atoms with Gasteiger partial charge in [-0.3, -0.25) is 9.59 Å². The molecule has 2 amide bonds. The van der Waals surface area contributed by atoms with Gasteiger partial charge in [-0.25, -0.2) is 4.98 Å². The zero-order valence-corrected chi connectivity index (χ0v) is 17.8. The van der Waals surface area contributed by atoms with E-state index in [2.05, 4.69) is 24.1 Å². The predicted molar refractivity (Wildman–Crippen MR) is 111 cm³/mol. The normalized spacial score (nSPS) is 18.7. The number of hydrogen-bond acceptors (Lipinski definition) is 4. The van der Waals surface area contributed by atoms with Gasteiger partial charge in [0.25, 0.3) is 5.91 Å². The van der Waals surface area contributed by atoms with Crippen LogP contribution >= 0.6 is 0 Å². The topological polar surface area (TPSA) is 75.4 Å². The largest absolute Gasteiger partial charge is 0.441 e. The Labute approximate surface area is 172 Å². The SMILES string of the molecule is Cc1nc2c(C(=O)N(C)CCC(NC(=O)C3(C4CC4)CC3)C(C)C)cccc2o1. The Hall–Kier alpha value is -2.37. The summed E-state index contributed by atoms with van der Waals surface area (Å²) in [5.74, 6) is 1.63. The van der Waals surface area contributed by atoms with E-state index in [1.54, 1.807) is 24.9 Å². The number of nitrogens with one attached hydrogen (secondary N) is 1. The average Bonchev–Trinajstić information content (AvgIpc) is 3.58. The maximum Gasteiger partial charge on any atom is 0.255 e. The van der Waals surface area contributed by atoms with Gasteiger partial charge in [-0.2, -0.15) is 0 Å². The number of amides is 2. The zero-order chi connectivity index (χ0) is 20.8. The molecule has 1 unspecified atom stereocenters. The van der Waals surface area contributed by atoms with Crippen molar-refractivity contribution in [1.82, 2.24) is 15.2 Å². The van der Waals surface area contributed by atoms with E-state index in [9.17, 15) is 9.59 Å². The quantitative estimate of drug-likeness (QED) is 0.732. The summed E-state index contributed by atoms with van der Waals surface area (Å²) in [6.45, 7) is 6.61. The molecule has 1 N–H and O–H groups in total. The number of fused-ring (bicyclic) bond motifs is 1. The van der Waals surface area contributed by atoms with Crippen LogP contribution in [0.25, 0.3) is 11.1 Å². The highest BCUT2D eigenvalue weighted by Crippen LogP contribution is 2.61. The Bertz CT molecular complexity index is 925. The fraction of sp³-hybridized carbons (Fsp3) is 0.609. The third-order valence-electron chi connectivity index (χ3n) is 6.60. The van der Waals surface area contributed by atoms with Crippen LogP contribution in [0.4, 0.5) is 0 Å². The summed E-state index contributed by atoms with van der Waals surface area (Å²) in [4.78, 5) is 31.9. The van der Waals surface area contributed by atoms with Crippen LogP contribution in [-0.2, 0) is 4.79 Å². The molecular formula is C23H31N3O3. The van der Waals surface area contributed by atoms with Gasteiger partial charge in [-0.15, -0.1) is 0 Å². The smallest absolute Gasteiger partial charge is 0.255 e. The summed E-state index contributed by atoms with van der Waals surface area (Å²) in [7, 11) is 1.81. The van der Waals surface area contributed by atoms with Crippen molar-refractivity contribution < 1.29 is 14.0 Å². The molecular weight excluding hydrogens is 366 g/mol. The Morgan fingerprint density at radius 2 is 2.03 bits per heavy atom. The van der Waals surface area contributed by atoms with Gasteiger partial charge in [0, 0.05) is 26.6 Å². The number of nitrogens with zero attached hydrogens (tertiary/aromatic N) is 2. The van der Waals surface area contributed by atoms with Crippen molar-refractivity contribution in [2.75, 3.05) is 13.6 Å². The number of oxazole rings is 1. The van der Waals surface area contributed by atoms with E-state index in [4.69, 9.17) is 4.42 Å². The molecule has 2 aliphatic rings. The van der Waals surface area contributed by atoms with Crippen molar-refractivity contribution in [3.63, 3.8) is 0 Å². The Balaban J connectivity index is 1.39. The molecule has 1 atom stereocenters. The zero-order valence-electron chi connectivity index (χ0n) is 17.8. The number of aryl methyl sites for hydroxylation is 1. The molecule has 4 rings (SSSR count). The first-order chi connectivity index (χ1) is 13.8. The minimum atomic E-state index is -0.0747. The molecule has 6 nitrogen and oxygen atoms in total. The second-order valence-electron chi connectivity index (χ2n) is 9.15. The summed E-state index contributed by atoms with van der Waals surface area (Å²) in [5.41, 5.74) is 1.71. The molecule has 0 bridgehead atoms. The molecule has 0 spiro atoms. The Morgan fingerprint density at radius 1 is 1.31 bits per heavy atom. The van der Waals surface area contributed by atoms with Crippen LogP contribution in [0.3, 0.4) is 0 Å². The molecule has 2 aromatic rings. The minimum absolute atomic E-state index is 0.0686. The minimum Gasteiger partial charge on any atom is -0.441 e. The highest BCUT2D eigenvalue weighted by molar-refractivity contribution is 6.04. The molecule has 1 heterocycles. The fourth-order valence-corrected chi connectivity index (χ4v) is 4.35. The van der Waals surface area contributed by atoms with Gasteiger partial charge < -0.3 is 14.6 Å². The van der Waals surface area contributed by atoms with Crippen molar-refractivity contribution in [2.24, 2.45) is 17.3 Å². The highest BCUT2D eigenvalue weighted by atomic mass is 16.3. The number of benzene rings is 1. The lowest BCUT2D eigenvalue weighted by molar-refractivity contribution is -0.128. The van der Waals surface area contributed by atoms with Gasteiger partial charge in [-0.1, -0.05) is 19.9 Å². The Kier molecular flexibility index (Phi) is 5.13. The van der Waals surface area contributed by atoms with Crippen molar-refractivity contribution in [1.29, 1.82) is 0 Å². The molecule has 156 valence electrons. The fourth-order valence-electron chi connectivity index (χ4n) is 4.35. The van der Waals surface area contributed by atoms with Crippen LogP contribution in [0.1, 0.15) is 62.2 Å². The van der Waals surface area contributed by atoms with E-state index in [-0.39, 0.29) is 23.3 Å². The summed E-state index contributed by atoms with van der Waals surface area (Å²) >= 11 is 0. The summed E-state index contributed by atoms with van der Waals surface area (Å²) in [5, 5.41) is 3.30. The molecule has 0 saturated heterocycles. The first-order valence-electron chi connectivity index (χ1n) is 10.7. The van der Waals surface area contributed by atoms with E-state index in [1.807, 2.05) is 12.1 Å². The molecule has 2 aliphatic carbocycles. The number of rotatable bonds is 8. The van der Waals surface area contributed by atoms with Crippen molar-refractivity contribution in [2.45, 2.75) is 58.9 Å². The predicted octanol–water partition coefficient (Wildman–Crippen LogP) is 3.93. The first-order valence-corrected chi connectivity index (χ1v) is 10.7. The van der Waals surface area contributed by atoms with E-state index < -0.39 is 0 Å². The lowest BCUT2D eigenvalue weighted by atomic mass is 9.95. The molecule has 6 heteroatoms. The molecule has 1 aromatic carbocycles. The number of carbonyl (C=O) groups is 2. The van der Waals surface area contributed by atoms with E-state index in [0.717, 1.165) is 19.3 Å². The van der Waals surface area contributed by atoms with Gasteiger partial charge in [0.05, 0.1) is 11.0 Å². The van der Waals surface area contributed by atoms with E-state index in [0.29, 0.717) is 40.9 Å². The lowest BCUT2D eigenvalue weighted by Crippen LogP contribution is -2.45. The van der Waals surface area contributed by atoms with Crippen LogP contribution in [-0.4, -0.2) is 41.3 Å². The number of aromatic nitrogens is 1. The second kappa shape index (κ2) is 7.47. The lowest BCUT2D eigenvalue weighted by Gasteiger charge is -2.27. The van der Waals surface area contributed by atoms with Crippen LogP contribution in [0.15, 0.2) is 22.6 Å². The van der Waals surface area contributed by atoms with Gasteiger partial charge in [-0.05, 0) is 56.1 Å². The van der Waals surface area contributed by atoms with Crippen LogP contribution in [0, 0.1) is 24.2 Å². The van der Waals surface area contributed by atoms with Crippen LogP contribution < -0.4 is 5.32 Å². The highest BCUT2D eigenvalue weighted by Gasteiger charge is 2.59. The Morgan fingerprint density at radius 3 is 2.66 bits per heavy atom. The molecule has 2 saturated carbocycles. The molecule has 1 aromatic heterocycles. The molecule has 2 fully saturated rings. The average molecular weight is 398 g/mol. The summed E-state index contributed by atoms with van der Waals surface area (Å²) < 4.78 is 5.54. The standard InChI is InChI=1S/C23H31N3O3/c1-14(2)18(25-22(28)23(11-12-23)16-8-9-16)10-13-26(4)21(27)17-6-5-7-19-20(17)24-15(3)29-19/h5-7,14,16,18H,8-13H2,1-4H3,(H,25,28). The number of hydrogen-bond donors (Lipinski definition) is 1. The first kappa shape index (κ1) is 19.9. The molecule has 0 aliphatic heterocycles. The van der Waals surface area contributed by atoms with Gasteiger partial charge in [0.2, 0.25) is 5.91 Å². The third-order valence-corrected chi connectivity index (χ3v) is 6.60. The monoisotopic (exact) mass is 397 g/mol.